The van der Waals surface area contributed by atoms with Crippen molar-refractivity contribution in [1.82, 2.24) is 0 Å². The van der Waals surface area contributed by atoms with Crippen molar-refractivity contribution in [2.45, 2.75) is 12.9 Å². The highest BCUT2D eigenvalue weighted by Gasteiger charge is 2.24. The van der Waals surface area contributed by atoms with E-state index in [0.717, 1.165) is 6.08 Å². The Balaban J connectivity index is 3.89. The van der Waals surface area contributed by atoms with Gasteiger partial charge in [-0.1, -0.05) is 6.58 Å². The van der Waals surface area contributed by atoms with Crippen LogP contribution >= 0.6 is 0 Å². The van der Waals surface area contributed by atoms with Crippen molar-refractivity contribution in [3.63, 3.8) is 0 Å². The summed E-state index contributed by atoms with van der Waals surface area (Å²) in [6, 6.07) is 0. The van der Waals surface area contributed by atoms with E-state index >= 15 is 0 Å². The molecule has 1 atom stereocenters. The molecule has 1 unspecified atom stereocenters. The highest BCUT2D eigenvalue weighted by molar-refractivity contribution is 5.81. The van der Waals surface area contributed by atoms with Crippen LogP contribution in [0, 0.1) is 6.92 Å². The van der Waals surface area contributed by atoms with Gasteiger partial charge >= 0.3 is 11.9 Å². The predicted molar refractivity (Wildman–Crippen MR) is 38.2 cm³/mol. The summed E-state index contributed by atoms with van der Waals surface area (Å²) in [4.78, 5) is 10.5. The van der Waals surface area contributed by atoms with Gasteiger partial charge in [0.1, 0.15) is 0 Å². The zero-order chi connectivity index (χ0) is 8.91. The van der Waals surface area contributed by atoms with Crippen molar-refractivity contribution in [3.05, 3.63) is 19.6 Å². The Morgan fingerprint density at radius 1 is 1.82 bits per heavy atom. The molecular weight excluding hydrogens is 148 g/mol. The molecule has 0 saturated heterocycles. The first kappa shape index (κ1) is 10.1. The summed E-state index contributed by atoms with van der Waals surface area (Å²) in [5.74, 6) is -2.88. The molecule has 4 nitrogen and oxygen atoms in total. The van der Waals surface area contributed by atoms with Crippen LogP contribution in [0.2, 0.25) is 0 Å². The first-order valence-electron chi connectivity index (χ1n) is 3.09. The standard InChI is InChI=1S/C7H11O4/c1-4-6(8)11-7(3,9)10-5-2/h4,9H,1,3,5H2,2H3. The largest absolute Gasteiger partial charge is 0.405 e. The van der Waals surface area contributed by atoms with Crippen LogP contribution < -0.4 is 0 Å². The van der Waals surface area contributed by atoms with E-state index in [1.807, 2.05) is 0 Å². The minimum absolute atomic E-state index is 0.199. The quantitative estimate of drug-likeness (QED) is 0.362. The van der Waals surface area contributed by atoms with Gasteiger partial charge in [-0.2, -0.15) is 0 Å². The monoisotopic (exact) mass is 159 g/mol. The first-order chi connectivity index (χ1) is 5.02. The van der Waals surface area contributed by atoms with Crippen molar-refractivity contribution in [3.8, 4) is 0 Å². The summed E-state index contributed by atoms with van der Waals surface area (Å²) in [5, 5.41) is 8.99. The summed E-state index contributed by atoms with van der Waals surface area (Å²) in [6.07, 6.45) is 0.912. The lowest BCUT2D eigenvalue weighted by molar-refractivity contribution is -0.309. The molecule has 0 fully saturated rings. The fraction of sp³-hybridized carbons (Fsp3) is 0.429. The van der Waals surface area contributed by atoms with E-state index < -0.39 is 11.9 Å². The zero-order valence-corrected chi connectivity index (χ0v) is 6.37. The Morgan fingerprint density at radius 2 is 2.36 bits per heavy atom. The lowest BCUT2D eigenvalue weighted by atomic mass is 10.6. The maximum absolute atomic E-state index is 10.5. The number of rotatable bonds is 4. The van der Waals surface area contributed by atoms with Gasteiger partial charge in [0.2, 0.25) is 0 Å². The molecule has 63 valence electrons. The Kier molecular flexibility index (Phi) is 3.78. The lowest BCUT2D eigenvalue weighted by Crippen LogP contribution is -2.34. The third kappa shape index (κ3) is 4.52. The molecule has 0 rings (SSSR count). The van der Waals surface area contributed by atoms with E-state index in [2.05, 4.69) is 23.0 Å². The highest BCUT2D eigenvalue weighted by atomic mass is 16.8. The minimum Gasteiger partial charge on any atom is -0.405 e. The SMILES string of the molecule is [CH2]C(O)(OCC)OC(=O)C=C. The predicted octanol–water partition coefficient (Wildman–Crippen LogP) is 0.232. The summed E-state index contributed by atoms with van der Waals surface area (Å²) < 4.78 is 8.85. The molecule has 4 heteroatoms. The van der Waals surface area contributed by atoms with Gasteiger partial charge in [0, 0.05) is 6.08 Å². The second-order valence-electron chi connectivity index (χ2n) is 1.77. The normalized spacial score (nSPS) is 15.2. The van der Waals surface area contributed by atoms with E-state index in [1.165, 1.54) is 0 Å². The molecular formula is C7H11O4. The molecule has 0 aromatic heterocycles. The molecule has 0 aromatic rings. The molecule has 0 heterocycles. The second-order valence-corrected chi connectivity index (χ2v) is 1.77. The topological polar surface area (TPSA) is 55.8 Å². The Bertz CT molecular complexity index is 151. The van der Waals surface area contributed by atoms with E-state index in [1.54, 1.807) is 6.92 Å². The lowest BCUT2D eigenvalue weighted by Gasteiger charge is -2.21. The Morgan fingerprint density at radius 3 is 2.73 bits per heavy atom. The van der Waals surface area contributed by atoms with Crippen molar-refractivity contribution >= 4 is 5.97 Å². The molecule has 0 aliphatic carbocycles. The van der Waals surface area contributed by atoms with Crippen LogP contribution in [-0.4, -0.2) is 23.7 Å². The number of ether oxygens (including phenoxy) is 2. The fourth-order valence-electron chi connectivity index (χ4n) is 0.454. The third-order valence-electron chi connectivity index (χ3n) is 0.797. The van der Waals surface area contributed by atoms with E-state index in [-0.39, 0.29) is 6.61 Å². The van der Waals surface area contributed by atoms with Crippen LogP contribution in [0.5, 0.6) is 0 Å². The maximum atomic E-state index is 10.5. The van der Waals surface area contributed by atoms with Crippen molar-refractivity contribution in [2.75, 3.05) is 6.61 Å². The molecule has 1 N–H and O–H groups in total. The summed E-state index contributed by atoms with van der Waals surface area (Å²) in [5.41, 5.74) is 0. The van der Waals surface area contributed by atoms with E-state index in [0.29, 0.717) is 0 Å². The summed E-state index contributed by atoms with van der Waals surface area (Å²) >= 11 is 0. The van der Waals surface area contributed by atoms with Crippen molar-refractivity contribution in [2.24, 2.45) is 0 Å². The Hall–Kier alpha value is -0.870. The van der Waals surface area contributed by atoms with Crippen LogP contribution in [0.25, 0.3) is 0 Å². The number of carbonyl (C=O) groups is 1. The molecule has 0 aromatic carbocycles. The number of hydrogen-bond donors (Lipinski definition) is 1. The van der Waals surface area contributed by atoms with Crippen LogP contribution in [-0.2, 0) is 14.3 Å². The average molecular weight is 159 g/mol. The highest BCUT2D eigenvalue weighted by Crippen LogP contribution is 2.06. The van der Waals surface area contributed by atoms with E-state index in [4.69, 9.17) is 5.11 Å². The molecule has 11 heavy (non-hydrogen) atoms. The molecule has 0 aliphatic rings. The number of carbonyl (C=O) groups excluding carboxylic acids is 1. The van der Waals surface area contributed by atoms with Gasteiger partial charge in [-0.3, -0.25) is 0 Å². The van der Waals surface area contributed by atoms with Gasteiger partial charge in [-0.05, 0) is 6.92 Å². The van der Waals surface area contributed by atoms with Crippen LogP contribution in [0.15, 0.2) is 12.7 Å². The molecule has 0 bridgehead atoms. The van der Waals surface area contributed by atoms with Crippen LogP contribution in [0.1, 0.15) is 6.92 Å². The average Bonchev–Trinajstić information content (AvgIpc) is 1.86. The van der Waals surface area contributed by atoms with Gasteiger partial charge in [0.15, 0.2) is 0 Å². The van der Waals surface area contributed by atoms with Crippen LogP contribution in [0.4, 0.5) is 0 Å². The fourth-order valence-corrected chi connectivity index (χ4v) is 0.454. The molecule has 1 radical (unpaired) electrons. The van der Waals surface area contributed by atoms with Gasteiger partial charge < -0.3 is 14.6 Å². The molecule has 0 saturated carbocycles. The first-order valence-corrected chi connectivity index (χ1v) is 3.09. The van der Waals surface area contributed by atoms with Gasteiger partial charge in [0.05, 0.1) is 13.5 Å². The smallest absolute Gasteiger partial charge is 0.334 e. The van der Waals surface area contributed by atoms with Crippen molar-refractivity contribution in [1.29, 1.82) is 0 Å². The second kappa shape index (κ2) is 4.10. The van der Waals surface area contributed by atoms with Gasteiger partial charge in [-0.15, -0.1) is 0 Å². The van der Waals surface area contributed by atoms with E-state index in [9.17, 15) is 4.79 Å². The minimum atomic E-state index is -2.10. The molecule has 0 aliphatic heterocycles. The number of aliphatic hydroxyl groups is 1. The zero-order valence-electron chi connectivity index (χ0n) is 6.37. The number of esters is 1. The maximum Gasteiger partial charge on any atom is 0.334 e. The summed E-state index contributed by atoms with van der Waals surface area (Å²) in [6.45, 7) is 8.06. The van der Waals surface area contributed by atoms with Crippen LogP contribution in [0.3, 0.4) is 0 Å². The summed E-state index contributed by atoms with van der Waals surface area (Å²) in [7, 11) is 0. The third-order valence-corrected chi connectivity index (χ3v) is 0.797. The van der Waals surface area contributed by atoms with Gasteiger partial charge in [-0.25, -0.2) is 4.79 Å². The number of hydrogen-bond acceptors (Lipinski definition) is 4. The molecule has 0 spiro atoms. The van der Waals surface area contributed by atoms with Crippen molar-refractivity contribution < 1.29 is 19.4 Å². The van der Waals surface area contributed by atoms with Gasteiger partial charge in [0.25, 0.3) is 0 Å². The Labute approximate surface area is 65.4 Å². The molecule has 0 amide bonds.